The first-order valence-electron chi connectivity index (χ1n) is 11.5. The van der Waals surface area contributed by atoms with E-state index in [0.29, 0.717) is 12.5 Å². The van der Waals surface area contributed by atoms with Gasteiger partial charge in [0.15, 0.2) is 22.9 Å². The Labute approximate surface area is 220 Å². The molecule has 2 aromatic heterocycles. The zero-order chi connectivity index (χ0) is 27.2. The number of fused-ring (bicyclic) bond motifs is 1. The van der Waals surface area contributed by atoms with Crippen LogP contribution < -0.4 is 15.8 Å². The van der Waals surface area contributed by atoms with E-state index in [2.05, 4.69) is 25.3 Å². The van der Waals surface area contributed by atoms with E-state index < -0.39 is 33.9 Å². The first-order chi connectivity index (χ1) is 18.1. The molecule has 1 aliphatic carbocycles. The van der Waals surface area contributed by atoms with Gasteiger partial charge >= 0.3 is 0 Å². The summed E-state index contributed by atoms with van der Waals surface area (Å²) in [5.74, 6) is -2.36. The van der Waals surface area contributed by atoms with E-state index in [9.17, 15) is 9.18 Å². The van der Waals surface area contributed by atoms with Crippen LogP contribution in [-0.2, 0) is 10.3 Å². The summed E-state index contributed by atoms with van der Waals surface area (Å²) in [6.45, 7) is 5.27. The van der Waals surface area contributed by atoms with Crippen LogP contribution in [-0.4, -0.2) is 44.5 Å². The van der Waals surface area contributed by atoms with Gasteiger partial charge < -0.3 is 24.9 Å². The number of aliphatic imine (C=N–C) groups is 1. The number of carbonyl (C=O) groups excluding carboxylic acids is 1. The van der Waals surface area contributed by atoms with E-state index in [4.69, 9.17) is 19.6 Å². The Hall–Kier alpha value is -3.84. The van der Waals surface area contributed by atoms with Gasteiger partial charge in [0, 0.05) is 24.4 Å². The third kappa shape index (κ3) is 4.52. The Kier molecular flexibility index (Phi) is 6.43. The quantitative estimate of drug-likeness (QED) is 0.404. The minimum absolute atomic E-state index is 0.0148. The number of aryl methyl sites for hydroxylation is 1. The maximum atomic E-state index is 15.1. The first-order valence-corrected chi connectivity index (χ1v) is 12.4. The highest BCUT2D eigenvalue weighted by Gasteiger charge is 2.58. The van der Waals surface area contributed by atoms with Gasteiger partial charge in [0.1, 0.15) is 17.5 Å². The van der Waals surface area contributed by atoms with E-state index >= 15 is 4.39 Å². The van der Waals surface area contributed by atoms with Crippen molar-refractivity contribution in [2.24, 2.45) is 10.7 Å². The molecule has 1 aromatic carbocycles. The van der Waals surface area contributed by atoms with Crippen LogP contribution >= 0.6 is 11.8 Å². The number of anilines is 1. The predicted octanol–water partition coefficient (Wildman–Crippen LogP) is 4.05. The van der Waals surface area contributed by atoms with Crippen LogP contribution in [0.4, 0.5) is 14.5 Å². The highest BCUT2D eigenvalue weighted by molar-refractivity contribution is 8.15. The number of nitrogens with one attached hydrogen (secondary N) is 1. The molecule has 10 nitrogen and oxygen atoms in total. The van der Waals surface area contributed by atoms with Gasteiger partial charge in [-0.15, -0.1) is 0 Å². The lowest BCUT2D eigenvalue weighted by Gasteiger charge is -2.34. The molecule has 1 amide bonds. The summed E-state index contributed by atoms with van der Waals surface area (Å²) < 4.78 is 45.5. The van der Waals surface area contributed by atoms with Crippen molar-refractivity contribution in [1.82, 2.24) is 15.0 Å². The molecule has 5 rings (SSSR count). The molecule has 2 aliphatic rings. The van der Waals surface area contributed by atoms with Crippen molar-refractivity contribution in [3.05, 3.63) is 76.9 Å². The van der Waals surface area contributed by atoms with Crippen molar-refractivity contribution in [2.75, 3.05) is 19.0 Å². The molecule has 1 aliphatic heterocycles. The molecule has 198 valence electrons. The van der Waals surface area contributed by atoms with Gasteiger partial charge in [0.2, 0.25) is 11.8 Å². The van der Waals surface area contributed by atoms with Gasteiger partial charge in [-0.25, -0.2) is 28.7 Å². The molecule has 3 N–H and O–H groups in total. The molecular weight excluding hydrogens is 518 g/mol. The van der Waals surface area contributed by atoms with Crippen molar-refractivity contribution in [3.8, 4) is 5.88 Å². The van der Waals surface area contributed by atoms with Crippen LogP contribution in [0.5, 0.6) is 5.88 Å². The van der Waals surface area contributed by atoms with Crippen molar-refractivity contribution < 1.29 is 27.5 Å². The number of thioether (sulfide) groups is 1. The van der Waals surface area contributed by atoms with Gasteiger partial charge in [-0.2, -0.15) is 0 Å². The normalized spacial score (nSPS) is 22.7. The molecule has 0 unspecified atom stereocenters. The zero-order valence-electron chi connectivity index (χ0n) is 20.9. The van der Waals surface area contributed by atoms with E-state index in [-0.39, 0.29) is 33.7 Å². The van der Waals surface area contributed by atoms with Crippen LogP contribution in [0.3, 0.4) is 0 Å². The lowest BCUT2D eigenvalue weighted by atomic mass is 9.86. The fourth-order valence-electron chi connectivity index (χ4n) is 4.51. The number of hydrogen-bond donors (Lipinski definition) is 2. The molecule has 13 heteroatoms. The minimum Gasteiger partial charge on any atom is -0.464 e. The van der Waals surface area contributed by atoms with Crippen LogP contribution in [0.25, 0.3) is 0 Å². The number of benzene rings is 1. The zero-order valence-corrected chi connectivity index (χ0v) is 21.7. The summed E-state index contributed by atoms with van der Waals surface area (Å²) in [6.07, 6.45) is 5.56. The van der Waals surface area contributed by atoms with Gasteiger partial charge in [-0.1, -0.05) is 17.8 Å². The molecule has 0 bridgehead atoms. The Morgan fingerprint density at radius 2 is 2.11 bits per heavy atom. The molecule has 38 heavy (non-hydrogen) atoms. The number of amides is 1. The highest BCUT2D eigenvalue weighted by Crippen LogP contribution is 2.60. The number of oxazole rings is 1. The summed E-state index contributed by atoms with van der Waals surface area (Å²) in [7, 11) is 1.55. The number of ether oxygens (including phenoxy) is 2. The fraction of sp³-hybridized carbons (Fsp3) is 0.320. The summed E-state index contributed by atoms with van der Waals surface area (Å²) in [6, 6.07) is 2.24. The Bertz CT molecular complexity index is 1480. The molecule has 0 saturated heterocycles. The molecular formula is C25H24F2N6O4S. The van der Waals surface area contributed by atoms with Crippen molar-refractivity contribution >= 4 is 28.5 Å². The Morgan fingerprint density at radius 1 is 1.32 bits per heavy atom. The number of aromatic nitrogens is 3. The molecule has 0 fully saturated rings. The third-order valence-electron chi connectivity index (χ3n) is 6.30. The van der Waals surface area contributed by atoms with Crippen LogP contribution in [0, 0.1) is 18.6 Å². The second-order valence-electron chi connectivity index (χ2n) is 9.05. The number of hydrogen-bond acceptors (Lipinski definition) is 10. The molecule has 0 spiro atoms. The Morgan fingerprint density at radius 3 is 2.79 bits per heavy atom. The van der Waals surface area contributed by atoms with E-state index in [1.165, 1.54) is 36.5 Å². The second kappa shape index (κ2) is 9.48. The lowest BCUT2D eigenvalue weighted by Crippen LogP contribution is -2.37. The number of nitrogens with two attached hydrogens (primary N) is 1. The maximum Gasteiger partial charge on any atom is 0.276 e. The van der Waals surface area contributed by atoms with Gasteiger partial charge in [0.05, 0.1) is 29.4 Å². The summed E-state index contributed by atoms with van der Waals surface area (Å²) in [5.41, 5.74) is 5.75. The number of nitrogens with zero attached hydrogens (tertiary/aromatic N) is 4. The van der Waals surface area contributed by atoms with Gasteiger partial charge in [0.25, 0.3) is 5.91 Å². The van der Waals surface area contributed by atoms with Crippen molar-refractivity contribution in [3.63, 3.8) is 0 Å². The number of rotatable bonds is 8. The van der Waals surface area contributed by atoms with Crippen LogP contribution in [0.15, 0.2) is 51.8 Å². The SMILES string of the molecule is COC[C@]12C=C1[C@@](C)(c1cc(NC(=O)c3ncc(O[C@@H](C)c4ncco4)nc3C)cc(F)c1F)N=C(N)S2. The second-order valence-corrected chi connectivity index (χ2v) is 10.4. The molecule has 3 heterocycles. The molecule has 0 radical (unpaired) electrons. The van der Waals surface area contributed by atoms with E-state index in [1.54, 1.807) is 27.9 Å². The molecule has 0 saturated carbocycles. The number of halogens is 2. The maximum absolute atomic E-state index is 15.1. The van der Waals surface area contributed by atoms with E-state index in [1.807, 2.05) is 6.08 Å². The van der Waals surface area contributed by atoms with Gasteiger partial charge in [-0.05, 0) is 32.4 Å². The van der Waals surface area contributed by atoms with E-state index in [0.717, 1.165) is 11.6 Å². The number of amidine groups is 1. The number of methoxy groups -OCH3 is 1. The molecule has 3 aromatic rings. The summed E-state index contributed by atoms with van der Waals surface area (Å²) in [5, 5.41) is 2.80. The summed E-state index contributed by atoms with van der Waals surface area (Å²) >= 11 is 1.30. The lowest BCUT2D eigenvalue weighted by molar-refractivity contribution is 0.102. The average Bonchev–Trinajstić information content (AvgIpc) is 3.31. The Balaban J connectivity index is 1.39. The van der Waals surface area contributed by atoms with Crippen molar-refractivity contribution in [1.29, 1.82) is 0 Å². The monoisotopic (exact) mass is 542 g/mol. The summed E-state index contributed by atoms with van der Waals surface area (Å²) in [4.78, 5) is 29.9. The largest absolute Gasteiger partial charge is 0.464 e. The minimum atomic E-state index is -1.27. The smallest absolute Gasteiger partial charge is 0.276 e. The standard InChI is InChI=1S/C25H24F2N6O4S/c1-12-20(30-10-18(31-12)37-13(2)22-29-5-6-36-22)21(34)32-14-7-15(19(27)16(26)8-14)24(3)17-9-25(17,11-35-4)38-23(28)33-24/h5-10,13H,11H2,1-4H3,(H2,28,33)(H,32,34)/t13-,24+,25+/m0/s1. The van der Waals surface area contributed by atoms with Crippen LogP contribution in [0.2, 0.25) is 0 Å². The predicted molar refractivity (Wildman–Crippen MR) is 136 cm³/mol. The first kappa shape index (κ1) is 25.8. The van der Waals surface area contributed by atoms with Crippen LogP contribution in [0.1, 0.15) is 47.6 Å². The molecule has 3 atom stereocenters. The fourth-order valence-corrected chi connectivity index (χ4v) is 5.77. The van der Waals surface area contributed by atoms with Crippen molar-refractivity contribution in [2.45, 2.75) is 37.2 Å². The average molecular weight is 543 g/mol. The van der Waals surface area contributed by atoms with Gasteiger partial charge in [-0.3, -0.25) is 4.79 Å². The highest BCUT2D eigenvalue weighted by atomic mass is 32.2. The third-order valence-corrected chi connectivity index (χ3v) is 7.42. The topological polar surface area (TPSA) is 138 Å². The number of carbonyl (C=O) groups is 1.